The van der Waals surface area contributed by atoms with Gasteiger partial charge in [-0.2, -0.15) is 0 Å². The van der Waals surface area contributed by atoms with Crippen LogP contribution in [0.3, 0.4) is 0 Å². The summed E-state index contributed by atoms with van der Waals surface area (Å²) >= 11 is 11.5. The molecule has 0 heterocycles. The van der Waals surface area contributed by atoms with Crippen molar-refractivity contribution in [2.75, 3.05) is 0 Å². The van der Waals surface area contributed by atoms with Gasteiger partial charge in [-0.05, 0) is 0 Å². The van der Waals surface area contributed by atoms with E-state index in [1.165, 1.54) is 25.2 Å². The first-order chi connectivity index (χ1) is 7.31. The largest absolute Gasteiger partial charge is 0.481 e. The maximum atomic E-state index is 11.1. The van der Waals surface area contributed by atoms with Gasteiger partial charge in [-0.15, -0.1) is 23.2 Å². The molecule has 16 heavy (non-hydrogen) atoms. The molecule has 0 fully saturated rings. The fraction of sp³-hybridized carbons (Fsp3) is 0.400. The van der Waals surface area contributed by atoms with Gasteiger partial charge in [0.05, 0.1) is 5.92 Å². The number of rotatable bonds is 3. The Morgan fingerprint density at radius 3 is 2.38 bits per heavy atom. The van der Waals surface area contributed by atoms with Gasteiger partial charge >= 0.3 is 11.9 Å². The lowest BCUT2D eigenvalue weighted by Crippen LogP contribution is -2.42. The molecule has 6 heteroatoms. The molecule has 2 N–H and O–H groups in total. The van der Waals surface area contributed by atoms with Crippen LogP contribution in [0.15, 0.2) is 23.8 Å². The zero-order valence-corrected chi connectivity index (χ0v) is 9.87. The average molecular weight is 265 g/mol. The maximum Gasteiger partial charge on any atom is 0.332 e. The second kappa shape index (κ2) is 4.47. The Hall–Kier alpha value is -1.00. The van der Waals surface area contributed by atoms with Crippen LogP contribution in [-0.2, 0) is 9.59 Å². The fourth-order valence-corrected chi connectivity index (χ4v) is 2.21. The molecular formula is C10H10Cl2O4. The van der Waals surface area contributed by atoms with Gasteiger partial charge in [-0.25, -0.2) is 4.79 Å². The molecule has 88 valence electrons. The lowest BCUT2D eigenvalue weighted by molar-refractivity contribution is -0.143. The van der Waals surface area contributed by atoms with Crippen molar-refractivity contribution in [1.82, 2.24) is 0 Å². The Morgan fingerprint density at radius 2 is 2.00 bits per heavy atom. The summed E-state index contributed by atoms with van der Waals surface area (Å²) < 4.78 is 0. The van der Waals surface area contributed by atoms with Gasteiger partial charge in [-0.1, -0.05) is 25.2 Å². The summed E-state index contributed by atoms with van der Waals surface area (Å²) in [4.78, 5) is 21.0. The molecule has 0 amide bonds. The van der Waals surface area contributed by atoms with Crippen LogP contribution < -0.4 is 0 Å². The van der Waals surface area contributed by atoms with Gasteiger partial charge in [-0.3, -0.25) is 4.79 Å². The number of alkyl halides is 2. The third kappa shape index (κ3) is 1.95. The highest BCUT2D eigenvalue weighted by Crippen LogP contribution is 2.46. The zero-order chi connectivity index (χ0) is 12.5. The van der Waals surface area contributed by atoms with Crippen molar-refractivity contribution in [3.05, 3.63) is 23.8 Å². The van der Waals surface area contributed by atoms with Crippen LogP contribution in [0.1, 0.15) is 6.92 Å². The summed E-state index contributed by atoms with van der Waals surface area (Å²) in [7, 11) is 0. The number of aliphatic carboxylic acids is 2. The van der Waals surface area contributed by atoms with E-state index in [1.807, 2.05) is 0 Å². The third-order valence-electron chi connectivity index (χ3n) is 2.74. The Kier molecular flexibility index (Phi) is 3.65. The van der Waals surface area contributed by atoms with Gasteiger partial charge in [0.25, 0.3) is 0 Å². The minimum Gasteiger partial charge on any atom is -0.481 e. The smallest absolute Gasteiger partial charge is 0.332 e. The molecule has 1 rings (SSSR count). The molecule has 0 spiro atoms. The molecule has 0 radical (unpaired) electrons. The van der Waals surface area contributed by atoms with Crippen LogP contribution in [0.2, 0.25) is 0 Å². The number of carbonyl (C=O) groups is 2. The number of halogens is 2. The Morgan fingerprint density at radius 1 is 1.44 bits per heavy atom. The van der Waals surface area contributed by atoms with E-state index in [0.717, 1.165) is 0 Å². The summed E-state index contributed by atoms with van der Waals surface area (Å²) in [6, 6.07) is 0. The van der Waals surface area contributed by atoms with E-state index < -0.39 is 28.1 Å². The predicted molar refractivity (Wildman–Crippen MR) is 59.6 cm³/mol. The van der Waals surface area contributed by atoms with Gasteiger partial charge in [0, 0.05) is 11.0 Å². The summed E-state index contributed by atoms with van der Waals surface area (Å²) in [6.45, 7) is 1.43. The number of hydrogen-bond acceptors (Lipinski definition) is 2. The van der Waals surface area contributed by atoms with Crippen molar-refractivity contribution in [2.45, 2.75) is 11.8 Å². The molecule has 0 saturated heterocycles. The van der Waals surface area contributed by atoms with Crippen molar-refractivity contribution in [1.29, 1.82) is 0 Å². The van der Waals surface area contributed by atoms with Crippen molar-refractivity contribution in [3.8, 4) is 0 Å². The Bertz CT molecular complexity index is 386. The molecule has 1 aliphatic carbocycles. The van der Waals surface area contributed by atoms with Crippen molar-refractivity contribution >= 4 is 35.1 Å². The Labute approximate surface area is 102 Å². The van der Waals surface area contributed by atoms with Crippen LogP contribution >= 0.6 is 23.2 Å². The number of carboxylic acids is 2. The van der Waals surface area contributed by atoms with Crippen molar-refractivity contribution < 1.29 is 19.8 Å². The number of allylic oxidation sites excluding steroid dienone is 2. The SMILES string of the molecule is CC1(C(Cl)Cl)C(C(=O)O)=CC=CC1C(=O)O. The average Bonchev–Trinajstić information content (AvgIpc) is 2.16. The van der Waals surface area contributed by atoms with Gasteiger partial charge in [0.2, 0.25) is 0 Å². The Balaban J connectivity index is 3.30. The van der Waals surface area contributed by atoms with Crippen LogP contribution in [-0.4, -0.2) is 27.0 Å². The van der Waals surface area contributed by atoms with E-state index >= 15 is 0 Å². The van der Waals surface area contributed by atoms with Crippen LogP contribution in [0.5, 0.6) is 0 Å². The monoisotopic (exact) mass is 264 g/mol. The normalized spacial score (nSPS) is 29.0. The lowest BCUT2D eigenvalue weighted by atomic mass is 9.70. The third-order valence-corrected chi connectivity index (χ3v) is 3.65. The highest BCUT2D eigenvalue weighted by Gasteiger charge is 2.49. The van der Waals surface area contributed by atoms with Gasteiger partial charge < -0.3 is 10.2 Å². The molecule has 4 nitrogen and oxygen atoms in total. The fourth-order valence-electron chi connectivity index (χ4n) is 1.70. The van der Waals surface area contributed by atoms with Crippen molar-refractivity contribution in [3.63, 3.8) is 0 Å². The summed E-state index contributed by atoms with van der Waals surface area (Å²) in [5.41, 5.74) is -1.44. The first-order valence-electron chi connectivity index (χ1n) is 4.45. The first-order valence-corrected chi connectivity index (χ1v) is 5.32. The minimum absolute atomic E-state index is 0.0996. The highest BCUT2D eigenvalue weighted by atomic mass is 35.5. The molecule has 0 aromatic heterocycles. The molecular weight excluding hydrogens is 255 g/mol. The van der Waals surface area contributed by atoms with E-state index in [4.69, 9.17) is 33.4 Å². The second-order valence-electron chi connectivity index (χ2n) is 3.67. The molecule has 0 aliphatic heterocycles. The van der Waals surface area contributed by atoms with E-state index in [9.17, 15) is 9.59 Å². The molecule has 0 aromatic carbocycles. The standard InChI is InChI=1S/C10H10Cl2O4/c1-10(9(11)12)5(7(13)14)3-2-4-6(10)8(15)16/h2-5,9H,1H3,(H,13,14)(H,15,16). The van der Waals surface area contributed by atoms with Gasteiger partial charge in [0.1, 0.15) is 4.84 Å². The van der Waals surface area contributed by atoms with Crippen LogP contribution in [0.4, 0.5) is 0 Å². The van der Waals surface area contributed by atoms with Crippen molar-refractivity contribution in [2.24, 2.45) is 11.3 Å². The minimum atomic E-state index is -1.34. The van der Waals surface area contributed by atoms with E-state index in [1.54, 1.807) is 0 Å². The van der Waals surface area contributed by atoms with Crippen LogP contribution in [0, 0.1) is 11.3 Å². The van der Waals surface area contributed by atoms with E-state index in [2.05, 4.69) is 0 Å². The topological polar surface area (TPSA) is 74.6 Å². The molecule has 2 unspecified atom stereocenters. The molecule has 0 bridgehead atoms. The molecule has 0 aromatic rings. The summed E-state index contributed by atoms with van der Waals surface area (Å²) in [5, 5.41) is 18.0. The predicted octanol–water partition coefficient (Wildman–Crippen LogP) is 2.08. The summed E-state index contributed by atoms with van der Waals surface area (Å²) in [6.07, 6.45) is 4.09. The number of carboxylic acid groups (broad SMARTS) is 2. The second-order valence-corrected chi connectivity index (χ2v) is 4.77. The van der Waals surface area contributed by atoms with E-state index in [0.29, 0.717) is 0 Å². The molecule has 0 saturated carbocycles. The van der Waals surface area contributed by atoms with E-state index in [-0.39, 0.29) is 5.57 Å². The maximum absolute atomic E-state index is 11.1. The zero-order valence-electron chi connectivity index (χ0n) is 8.35. The number of hydrogen-bond donors (Lipinski definition) is 2. The molecule has 2 atom stereocenters. The lowest BCUT2D eigenvalue weighted by Gasteiger charge is -2.37. The summed E-state index contributed by atoms with van der Waals surface area (Å²) in [5.74, 6) is -3.43. The van der Waals surface area contributed by atoms with Gasteiger partial charge in [0.15, 0.2) is 0 Å². The quantitative estimate of drug-likeness (QED) is 0.766. The highest BCUT2D eigenvalue weighted by molar-refractivity contribution is 6.45. The molecule has 1 aliphatic rings. The van der Waals surface area contributed by atoms with Crippen LogP contribution in [0.25, 0.3) is 0 Å². The first kappa shape index (κ1) is 13.1.